The second-order valence-corrected chi connectivity index (χ2v) is 4.51. The molecule has 0 aromatic heterocycles. The zero-order chi connectivity index (χ0) is 12.5. The third kappa shape index (κ3) is 7.20. The molecule has 0 fully saturated rings. The Bertz CT molecular complexity index is 350. The van der Waals surface area contributed by atoms with E-state index in [4.69, 9.17) is 0 Å². The SMILES string of the molecule is CCCCCCCCc1cccc(C(=O)[O-])c1.[Na+]. The molecule has 0 spiro atoms. The Morgan fingerprint density at radius 2 is 1.78 bits per heavy atom. The molecule has 0 radical (unpaired) electrons. The van der Waals surface area contributed by atoms with Gasteiger partial charge in [0.25, 0.3) is 0 Å². The van der Waals surface area contributed by atoms with E-state index in [-0.39, 0.29) is 35.1 Å². The maximum atomic E-state index is 10.7. The van der Waals surface area contributed by atoms with Crippen LogP contribution in [0.1, 0.15) is 61.4 Å². The van der Waals surface area contributed by atoms with Gasteiger partial charge >= 0.3 is 29.6 Å². The normalized spacial score (nSPS) is 9.83. The molecule has 0 bridgehead atoms. The number of benzene rings is 1. The fourth-order valence-electron chi connectivity index (χ4n) is 1.96. The summed E-state index contributed by atoms with van der Waals surface area (Å²) >= 11 is 0. The van der Waals surface area contributed by atoms with Crippen molar-refractivity contribution in [1.29, 1.82) is 0 Å². The number of hydrogen-bond donors (Lipinski definition) is 0. The average molecular weight is 256 g/mol. The monoisotopic (exact) mass is 256 g/mol. The molecule has 0 amide bonds. The van der Waals surface area contributed by atoms with Gasteiger partial charge in [-0.15, -0.1) is 0 Å². The summed E-state index contributed by atoms with van der Waals surface area (Å²) in [4.78, 5) is 10.7. The first-order valence-corrected chi connectivity index (χ1v) is 6.54. The number of rotatable bonds is 8. The molecule has 0 aliphatic rings. The van der Waals surface area contributed by atoms with Crippen LogP contribution in [0.15, 0.2) is 24.3 Å². The van der Waals surface area contributed by atoms with Gasteiger partial charge in [0.2, 0.25) is 0 Å². The summed E-state index contributed by atoms with van der Waals surface area (Å²) < 4.78 is 0. The molecule has 1 aromatic rings. The molecule has 2 nitrogen and oxygen atoms in total. The van der Waals surface area contributed by atoms with E-state index in [1.54, 1.807) is 18.2 Å². The number of aryl methyl sites for hydroxylation is 1. The molecule has 0 atom stereocenters. The predicted molar refractivity (Wildman–Crippen MR) is 67.9 cm³/mol. The van der Waals surface area contributed by atoms with E-state index in [1.165, 1.54) is 32.1 Å². The van der Waals surface area contributed by atoms with Gasteiger partial charge in [0.15, 0.2) is 0 Å². The third-order valence-corrected chi connectivity index (χ3v) is 2.98. The molecule has 0 aliphatic carbocycles. The first-order chi connectivity index (χ1) is 8.24. The molecule has 0 saturated carbocycles. The number of unbranched alkanes of at least 4 members (excludes halogenated alkanes) is 5. The van der Waals surface area contributed by atoms with E-state index < -0.39 is 5.97 Å². The number of carboxylic acids is 1. The zero-order valence-corrected chi connectivity index (χ0v) is 13.6. The molecule has 18 heavy (non-hydrogen) atoms. The molecule has 3 heteroatoms. The molecule has 0 unspecified atom stereocenters. The van der Waals surface area contributed by atoms with Crippen LogP contribution >= 0.6 is 0 Å². The van der Waals surface area contributed by atoms with Crippen LogP contribution in [0.3, 0.4) is 0 Å². The Labute approximate surface area is 132 Å². The largest absolute Gasteiger partial charge is 1.00 e. The summed E-state index contributed by atoms with van der Waals surface area (Å²) in [6.07, 6.45) is 8.53. The minimum atomic E-state index is -1.09. The Hall–Kier alpha value is -0.310. The molecule has 94 valence electrons. The molecular weight excluding hydrogens is 235 g/mol. The van der Waals surface area contributed by atoms with Crippen molar-refractivity contribution in [3.05, 3.63) is 35.4 Å². The standard InChI is InChI=1S/C15H22O2.Na/c1-2-3-4-5-6-7-9-13-10-8-11-14(12-13)15(16)17;/h8,10-12H,2-7,9H2,1H3,(H,16,17);/q;+1/p-1. The van der Waals surface area contributed by atoms with Gasteiger partial charge in [-0.2, -0.15) is 0 Å². The average Bonchev–Trinajstić information content (AvgIpc) is 2.34. The van der Waals surface area contributed by atoms with Crippen LogP contribution in [-0.2, 0) is 6.42 Å². The summed E-state index contributed by atoms with van der Waals surface area (Å²) in [6, 6.07) is 7.08. The van der Waals surface area contributed by atoms with Crippen molar-refractivity contribution in [2.75, 3.05) is 0 Å². The van der Waals surface area contributed by atoms with Gasteiger partial charge < -0.3 is 9.90 Å². The Kier molecular flexibility index (Phi) is 10.4. The van der Waals surface area contributed by atoms with Gasteiger partial charge in [0.1, 0.15) is 0 Å². The van der Waals surface area contributed by atoms with E-state index in [1.807, 2.05) is 6.07 Å². The molecule has 0 aliphatic heterocycles. The Morgan fingerprint density at radius 3 is 2.44 bits per heavy atom. The molecular formula is C15H21NaO2. The van der Waals surface area contributed by atoms with Crippen LogP contribution in [0.5, 0.6) is 0 Å². The van der Waals surface area contributed by atoms with Crippen LogP contribution < -0.4 is 34.7 Å². The first kappa shape index (κ1) is 17.7. The summed E-state index contributed by atoms with van der Waals surface area (Å²) in [5.41, 5.74) is 1.38. The van der Waals surface area contributed by atoms with Crippen molar-refractivity contribution >= 4 is 5.97 Å². The van der Waals surface area contributed by atoms with Gasteiger partial charge in [0, 0.05) is 0 Å². The quantitative estimate of drug-likeness (QED) is 0.483. The zero-order valence-electron chi connectivity index (χ0n) is 11.6. The topological polar surface area (TPSA) is 40.1 Å². The second-order valence-electron chi connectivity index (χ2n) is 4.51. The summed E-state index contributed by atoms with van der Waals surface area (Å²) in [5, 5.41) is 10.7. The minimum Gasteiger partial charge on any atom is -0.545 e. The Balaban J connectivity index is 0.00000289. The Morgan fingerprint density at radius 1 is 1.11 bits per heavy atom. The predicted octanol–water partition coefficient (Wildman–Crippen LogP) is -0.0429. The van der Waals surface area contributed by atoms with Gasteiger partial charge in [-0.1, -0.05) is 57.2 Å². The fourth-order valence-corrected chi connectivity index (χ4v) is 1.96. The van der Waals surface area contributed by atoms with Crippen LogP contribution in [0.4, 0.5) is 0 Å². The molecule has 0 N–H and O–H groups in total. The molecule has 1 rings (SSSR count). The molecule has 1 aromatic carbocycles. The minimum absolute atomic E-state index is 0. The number of carbonyl (C=O) groups is 1. The van der Waals surface area contributed by atoms with E-state index in [0.29, 0.717) is 0 Å². The van der Waals surface area contributed by atoms with E-state index >= 15 is 0 Å². The smallest absolute Gasteiger partial charge is 0.545 e. The molecule has 0 heterocycles. The van der Waals surface area contributed by atoms with Crippen molar-refractivity contribution in [2.24, 2.45) is 0 Å². The van der Waals surface area contributed by atoms with Crippen molar-refractivity contribution in [1.82, 2.24) is 0 Å². The van der Waals surface area contributed by atoms with Crippen LogP contribution in [0, 0.1) is 0 Å². The molecule has 0 saturated heterocycles. The maximum Gasteiger partial charge on any atom is 1.00 e. The van der Waals surface area contributed by atoms with Gasteiger partial charge in [0.05, 0.1) is 5.97 Å². The fraction of sp³-hybridized carbons (Fsp3) is 0.533. The van der Waals surface area contributed by atoms with E-state index in [0.717, 1.165) is 18.4 Å². The van der Waals surface area contributed by atoms with Gasteiger partial charge in [-0.05, 0) is 30.0 Å². The van der Waals surface area contributed by atoms with E-state index in [2.05, 4.69) is 6.92 Å². The second kappa shape index (κ2) is 10.6. The number of aromatic carboxylic acids is 1. The van der Waals surface area contributed by atoms with E-state index in [9.17, 15) is 9.90 Å². The first-order valence-electron chi connectivity index (χ1n) is 6.54. The van der Waals surface area contributed by atoms with Crippen molar-refractivity contribution in [3.8, 4) is 0 Å². The van der Waals surface area contributed by atoms with Crippen LogP contribution in [-0.4, -0.2) is 5.97 Å². The maximum absolute atomic E-state index is 10.7. The van der Waals surface area contributed by atoms with Gasteiger partial charge in [-0.25, -0.2) is 0 Å². The number of carboxylic acid groups (broad SMARTS) is 1. The van der Waals surface area contributed by atoms with Crippen molar-refractivity contribution in [2.45, 2.75) is 51.9 Å². The summed E-state index contributed by atoms with van der Waals surface area (Å²) in [5.74, 6) is -1.09. The summed E-state index contributed by atoms with van der Waals surface area (Å²) in [7, 11) is 0. The number of carbonyl (C=O) groups excluding carboxylic acids is 1. The van der Waals surface area contributed by atoms with Crippen molar-refractivity contribution < 1.29 is 39.5 Å². The van der Waals surface area contributed by atoms with Crippen molar-refractivity contribution in [3.63, 3.8) is 0 Å². The third-order valence-electron chi connectivity index (χ3n) is 2.98. The number of hydrogen-bond acceptors (Lipinski definition) is 2. The van der Waals surface area contributed by atoms with Crippen LogP contribution in [0.2, 0.25) is 0 Å². The van der Waals surface area contributed by atoms with Gasteiger partial charge in [-0.3, -0.25) is 0 Å². The van der Waals surface area contributed by atoms with Crippen LogP contribution in [0.25, 0.3) is 0 Å². The summed E-state index contributed by atoms with van der Waals surface area (Å²) in [6.45, 7) is 2.21.